The zero-order valence-electron chi connectivity index (χ0n) is 10.6. The summed E-state index contributed by atoms with van der Waals surface area (Å²) >= 11 is 1.87. The molecule has 0 aliphatic carbocycles. The Morgan fingerprint density at radius 1 is 1.35 bits per heavy atom. The number of hydrogen-bond acceptors (Lipinski definition) is 3. The first-order valence-corrected chi connectivity index (χ1v) is 7.17. The molecule has 17 heavy (non-hydrogen) atoms. The van der Waals surface area contributed by atoms with Gasteiger partial charge in [-0.15, -0.1) is 11.8 Å². The molecule has 1 aromatic rings. The first-order valence-electron chi connectivity index (χ1n) is 6.19. The summed E-state index contributed by atoms with van der Waals surface area (Å²) in [5.41, 5.74) is 6.84. The van der Waals surface area contributed by atoms with Gasteiger partial charge in [-0.2, -0.15) is 0 Å². The van der Waals surface area contributed by atoms with E-state index in [9.17, 15) is 0 Å². The van der Waals surface area contributed by atoms with E-state index in [2.05, 4.69) is 38.1 Å². The van der Waals surface area contributed by atoms with Crippen molar-refractivity contribution in [3.63, 3.8) is 0 Å². The lowest BCUT2D eigenvalue weighted by molar-refractivity contribution is -0.00466. The van der Waals surface area contributed by atoms with Crippen LogP contribution in [-0.4, -0.2) is 17.5 Å². The van der Waals surface area contributed by atoms with E-state index in [1.807, 2.05) is 11.8 Å². The Balaban J connectivity index is 1.82. The lowest BCUT2D eigenvalue weighted by atomic mass is 10.1. The minimum atomic E-state index is 0.0780. The van der Waals surface area contributed by atoms with Crippen molar-refractivity contribution in [1.82, 2.24) is 0 Å². The Hall–Kier alpha value is -0.510. The Kier molecular flexibility index (Phi) is 4.13. The summed E-state index contributed by atoms with van der Waals surface area (Å²) in [6.07, 6.45) is 2.76. The van der Waals surface area contributed by atoms with E-state index in [-0.39, 0.29) is 5.60 Å². The van der Waals surface area contributed by atoms with Crippen LogP contribution < -0.4 is 5.73 Å². The zero-order chi connectivity index (χ0) is 12.3. The number of benzene rings is 1. The average Bonchev–Trinajstić information content (AvgIpc) is 2.67. The van der Waals surface area contributed by atoms with Gasteiger partial charge in [0.15, 0.2) is 0 Å². The number of thioether (sulfide) groups is 1. The molecule has 2 N–H and O–H groups in total. The fourth-order valence-corrected chi connectivity index (χ4v) is 3.05. The highest BCUT2D eigenvalue weighted by Crippen LogP contribution is 2.32. The third-order valence-electron chi connectivity index (χ3n) is 3.15. The maximum atomic E-state index is 5.97. The highest BCUT2D eigenvalue weighted by atomic mass is 32.2. The standard InChI is InChI=1S/C14H21NOS/c1-14(2)8-7-12(16-14)10-17-13-5-3-11(9-15)4-6-13/h3-6,12H,7-10,15H2,1-2H3. The second-order valence-electron chi connectivity index (χ2n) is 5.20. The minimum absolute atomic E-state index is 0.0780. The molecule has 1 saturated heterocycles. The topological polar surface area (TPSA) is 35.2 Å². The van der Waals surface area contributed by atoms with Gasteiger partial charge in [0, 0.05) is 17.2 Å². The predicted molar refractivity (Wildman–Crippen MR) is 73.2 cm³/mol. The molecular formula is C14H21NOS. The first-order chi connectivity index (χ1) is 8.09. The molecule has 0 radical (unpaired) electrons. The van der Waals surface area contributed by atoms with Crippen LogP contribution in [0.4, 0.5) is 0 Å². The molecule has 2 rings (SSSR count). The van der Waals surface area contributed by atoms with Crippen molar-refractivity contribution in [3.05, 3.63) is 29.8 Å². The molecule has 0 amide bonds. The molecule has 1 unspecified atom stereocenters. The molecule has 0 spiro atoms. The highest BCUT2D eigenvalue weighted by Gasteiger charge is 2.31. The van der Waals surface area contributed by atoms with Crippen molar-refractivity contribution in [2.45, 2.75) is 49.8 Å². The fourth-order valence-electron chi connectivity index (χ4n) is 2.11. The van der Waals surface area contributed by atoms with Gasteiger partial charge in [0.1, 0.15) is 0 Å². The van der Waals surface area contributed by atoms with Crippen LogP contribution in [0.15, 0.2) is 29.2 Å². The maximum Gasteiger partial charge on any atom is 0.0677 e. The van der Waals surface area contributed by atoms with Crippen LogP contribution >= 0.6 is 11.8 Å². The molecular weight excluding hydrogens is 230 g/mol. The molecule has 94 valence electrons. The number of nitrogens with two attached hydrogens (primary N) is 1. The molecule has 1 fully saturated rings. The normalized spacial score (nSPS) is 22.9. The summed E-state index contributed by atoms with van der Waals surface area (Å²) in [5, 5.41) is 0. The molecule has 3 heteroatoms. The van der Waals surface area contributed by atoms with Gasteiger partial charge in [-0.25, -0.2) is 0 Å². The number of ether oxygens (including phenoxy) is 1. The largest absolute Gasteiger partial charge is 0.371 e. The molecule has 0 saturated carbocycles. The predicted octanol–water partition coefficient (Wildman–Crippen LogP) is 3.20. The number of rotatable bonds is 4. The van der Waals surface area contributed by atoms with E-state index in [1.165, 1.54) is 23.3 Å². The van der Waals surface area contributed by atoms with Crippen molar-refractivity contribution < 1.29 is 4.74 Å². The van der Waals surface area contributed by atoms with Crippen LogP contribution in [0.3, 0.4) is 0 Å². The smallest absolute Gasteiger partial charge is 0.0677 e. The summed E-state index contributed by atoms with van der Waals surface area (Å²) in [4.78, 5) is 1.30. The van der Waals surface area contributed by atoms with Crippen LogP contribution in [-0.2, 0) is 11.3 Å². The molecule has 1 heterocycles. The Bertz CT molecular complexity index is 361. The molecule has 1 aliphatic heterocycles. The van der Waals surface area contributed by atoms with Crippen LogP contribution in [0, 0.1) is 0 Å². The molecule has 2 nitrogen and oxygen atoms in total. The summed E-state index contributed by atoms with van der Waals surface area (Å²) in [7, 11) is 0. The van der Waals surface area contributed by atoms with Crippen molar-refractivity contribution in [2.24, 2.45) is 5.73 Å². The van der Waals surface area contributed by atoms with Gasteiger partial charge in [0.05, 0.1) is 11.7 Å². The quantitative estimate of drug-likeness (QED) is 0.835. The maximum absolute atomic E-state index is 5.97. The second kappa shape index (κ2) is 5.42. The van der Waals surface area contributed by atoms with Crippen LogP contribution in [0.5, 0.6) is 0 Å². The summed E-state index contributed by atoms with van der Waals surface area (Å²) in [6, 6.07) is 8.49. The monoisotopic (exact) mass is 251 g/mol. The molecule has 1 aliphatic rings. The minimum Gasteiger partial charge on any atom is -0.371 e. The second-order valence-corrected chi connectivity index (χ2v) is 6.29. The van der Waals surface area contributed by atoms with E-state index in [4.69, 9.17) is 10.5 Å². The van der Waals surface area contributed by atoms with Gasteiger partial charge in [-0.05, 0) is 44.4 Å². The van der Waals surface area contributed by atoms with E-state index >= 15 is 0 Å². The van der Waals surface area contributed by atoms with Gasteiger partial charge < -0.3 is 10.5 Å². The van der Waals surface area contributed by atoms with E-state index < -0.39 is 0 Å². The van der Waals surface area contributed by atoms with Gasteiger partial charge >= 0.3 is 0 Å². The van der Waals surface area contributed by atoms with Gasteiger partial charge in [0.25, 0.3) is 0 Å². The lowest BCUT2D eigenvalue weighted by Crippen LogP contribution is -2.20. The Labute approximate surface area is 108 Å². The van der Waals surface area contributed by atoms with Crippen LogP contribution in [0.1, 0.15) is 32.3 Å². The SMILES string of the molecule is CC1(C)CCC(CSc2ccc(CN)cc2)O1. The third-order valence-corrected chi connectivity index (χ3v) is 4.29. The summed E-state index contributed by atoms with van der Waals surface area (Å²) < 4.78 is 5.97. The zero-order valence-corrected chi connectivity index (χ0v) is 11.4. The van der Waals surface area contributed by atoms with Crippen LogP contribution in [0.2, 0.25) is 0 Å². The average molecular weight is 251 g/mol. The van der Waals surface area contributed by atoms with E-state index in [0.717, 1.165) is 5.75 Å². The Morgan fingerprint density at radius 3 is 2.59 bits per heavy atom. The third kappa shape index (κ3) is 3.73. The van der Waals surface area contributed by atoms with E-state index in [0.29, 0.717) is 12.6 Å². The van der Waals surface area contributed by atoms with E-state index in [1.54, 1.807) is 0 Å². The summed E-state index contributed by atoms with van der Waals surface area (Å²) in [5.74, 6) is 1.05. The molecule has 0 aromatic heterocycles. The van der Waals surface area contributed by atoms with Crippen molar-refractivity contribution in [2.75, 3.05) is 5.75 Å². The van der Waals surface area contributed by atoms with Crippen molar-refractivity contribution >= 4 is 11.8 Å². The Morgan fingerprint density at radius 2 is 2.06 bits per heavy atom. The van der Waals surface area contributed by atoms with Crippen LogP contribution in [0.25, 0.3) is 0 Å². The summed E-state index contributed by atoms with van der Waals surface area (Å²) in [6.45, 7) is 4.96. The molecule has 0 bridgehead atoms. The fraction of sp³-hybridized carbons (Fsp3) is 0.571. The number of hydrogen-bond donors (Lipinski definition) is 1. The van der Waals surface area contributed by atoms with Gasteiger partial charge in [0.2, 0.25) is 0 Å². The van der Waals surface area contributed by atoms with Crippen molar-refractivity contribution in [1.29, 1.82) is 0 Å². The van der Waals surface area contributed by atoms with Gasteiger partial charge in [-0.1, -0.05) is 12.1 Å². The molecule has 1 aromatic carbocycles. The van der Waals surface area contributed by atoms with Crippen molar-refractivity contribution in [3.8, 4) is 0 Å². The first kappa shape index (κ1) is 12.9. The molecule has 1 atom stereocenters. The lowest BCUT2D eigenvalue weighted by Gasteiger charge is -2.19. The highest BCUT2D eigenvalue weighted by molar-refractivity contribution is 7.99. The van der Waals surface area contributed by atoms with Gasteiger partial charge in [-0.3, -0.25) is 0 Å².